The summed E-state index contributed by atoms with van der Waals surface area (Å²) >= 11 is 4.11. The molecule has 0 saturated heterocycles. The van der Waals surface area contributed by atoms with Gasteiger partial charge in [-0.25, -0.2) is 0 Å². The molecule has 5 nitrogen and oxygen atoms in total. The van der Waals surface area contributed by atoms with Gasteiger partial charge in [0.2, 0.25) is 10.3 Å². The van der Waals surface area contributed by atoms with Crippen molar-refractivity contribution in [1.82, 2.24) is 9.36 Å². The normalized spacial score (nSPS) is 11.0. The quantitative estimate of drug-likeness (QED) is 0.506. The van der Waals surface area contributed by atoms with Crippen LogP contribution in [-0.2, 0) is 4.79 Å². The maximum atomic E-state index is 12.1. The number of thioether (sulfide) groups is 2. The number of amides is 1. The second-order valence-corrected chi connectivity index (χ2v) is 6.39. The van der Waals surface area contributed by atoms with Gasteiger partial charge in [-0.2, -0.15) is 14.6 Å². The first kappa shape index (κ1) is 16.5. The van der Waals surface area contributed by atoms with Gasteiger partial charge in [0.05, 0.1) is 0 Å². The molecule has 0 aliphatic heterocycles. The highest BCUT2D eigenvalue weighted by Crippen LogP contribution is 2.19. The Kier molecular flexibility index (Phi) is 6.00. The number of hydrogen-bond donors (Lipinski definition) is 1. The summed E-state index contributed by atoms with van der Waals surface area (Å²) in [6.45, 7) is 0. The van der Waals surface area contributed by atoms with E-state index in [1.165, 1.54) is 11.8 Å². The number of nitriles is 1. The monoisotopic (exact) mass is 348 g/mol. The fourth-order valence-electron chi connectivity index (χ4n) is 1.52. The van der Waals surface area contributed by atoms with Crippen molar-refractivity contribution in [3.63, 3.8) is 0 Å². The molecule has 8 heteroatoms. The Balaban J connectivity index is 2.13. The van der Waals surface area contributed by atoms with Crippen molar-refractivity contribution in [1.29, 1.82) is 5.26 Å². The van der Waals surface area contributed by atoms with E-state index in [1.807, 2.05) is 42.8 Å². The van der Waals surface area contributed by atoms with E-state index in [9.17, 15) is 4.79 Å². The third-order valence-electron chi connectivity index (χ3n) is 2.60. The van der Waals surface area contributed by atoms with Gasteiger partial charge in [0.15, 0.2) is 0 Å². The van der Waals surface area contributed by atoms with Crippen molar-refractivity contribution in [3.05, 3.63) is 35.4 Å². The zero-order chi connectivity index (χ0) is 15.9. The lowest BCUT2D eigenvalue weighted by Gasteiger charge is -2.00. The average Bonchev–Trinajstić information content (AvgIpc) is 3.00. The van der Waals surface area contributed by atoms with Crippen LogP contribution in [0.25, 0.3) is 6.08 Å². The second kappa shape index (κ2) is 7.98. The van der Waals surface area contributed by atoms with E-state index < -0.39 is 5.91 Å². The van der Waals surface area contributed by atoms with Crippen LogP contribution < -0.4 is 5.32 Å². The Bertz CT molecular complexity index is 731. The maximum Gasteiger partial charge on any atom is 0.268 e. The number of nitrogens with one attached hydrogen (secondary N) is 1. The van der Waals surface area contributed by atoms with Crippen LogP contribution in [0.4, 0.5) is 5.13 Å². The SMILES string of the molecule is CSc1ccc(/C=C(/C#N)C(=O)Nc2nc(SC)ns2)cc1. The second-order valence-electron chi connectivity index (χ2n) is 3.98. The van der Waals surface area contributed by atoms with Crippen molar-refractivity contribution in [2.45, 2.75) is 10.1 Å². The van der Waals surface area contributed by atoms with Gasteiger partial charge in [-0.3, -0.25) is 10.1 Å². The van der Waals surface area contributed by atoms with Gasteiger partial charge >= 0.3 is 0 Å². The molecule has 22 heavy (non-hydrogen) atoms. The summed E-state index contributed by atoms with van der Waals surface area (Å²) in [6.07, 6.45) is 5.40. The molecule has 0 fully saturated rings. The molecule has 0 atom stereocenters. The third-order valence-corrected chi connectivity index (χ3v) is 4.64. The summed E-state index contributed by atoms with van der Waals surface area (Å²) in [5.41, 5.74) is 0.823. The number of carbonyl (C=O) groups excluding carboxylic acids is 1. The Morgan fingerprint density at radius 1 is 1.32 bits per heavy atom. The summed E-state index contributed by atoms with van der Waals surface area (Å²) in [5.74, 6) is -0.486. The molecule has 1 aromatic heterocycles. The topological polar surface area (TPSA) is 78.7 Å². The van der Waals surface area contributed by atoms with E-state index in [-0.39, 0.29) is 5.57 Å². The highest BCUT2D eigenvalue weighted by atomic mass is 32.2. The molecule has 2 aromatic rings. The summed E-state index contributed by atoms with van der Waals surface area (Å²) in [5, 5.41) is 12.7. The van der Waals surface area contributed by atoms with Gasteiger partial charge < -0.3 is 0 Å². The van der Waals surface area contributed by atoms with Gasteiger partial charge in [0.1, 0.15) is 11.6 Å². The van der Waals surface area contributed by atoms with Crippen LogP contribution in [0.5, 0.6) is 0 Å². The van der Waals surface area contributed by atoms with Crippen LogP contribution in [0.15, 0.2) is 39.9 Å². The molecule has 0 unspecified atom stereocenters. The minimum Gasteiger partial charge on any atom is -0.296 e. The predicted octanol–water partition coefficient (Wildman–Crippen LogP) is 3.53. The van der Waals surface area contributed by atoms with Crippen molar-refractivity contribution in [3.8, 4) is 6.07 Å². The van der Waals surface area contributed by atoms with Gasteiger partial charge in [-0.15, -0.1) is 11.8 Å². The predicted molar refractivity (Wildman–Crippen MR) is 92.1 cm³/mol. The molecule has 1 heterocycles. The van der Waals surface area contributed by atoms with E-state index >= 15 is 0 Å². The molecule has 0 aliphatic carbocycles. The lowest BCUT2D eigenvalue weighted by atomic mass is 10.1. The van der Waals surface area contributed by atoms with Gasteiger partial charge in [0, 0.05) is 16.4 Å². The minimum atomic E-state index is -0.486. The highest BCUT2D eigenvalue weighted by molar-refractivity contribution is 7.98. The highest BCUT2D eigenvalue weighted by Gasteiger charge is 2.12. The van der Waals surface area contributed by atoms with Crippen LogP contribution in [0.1, 0.15) is 5.56 Å². The number of rotatable bonds is 5. The minimum absolute atomic E-state index is 0.0257. The number of hydrogen-bond acceptors (Lipinski definition) is 7. The van der Waals surface area contributed by atoms with Crippen molar-refractivity contribution in [2.75, 3.05) is 17.8 Å². The maximum absolute atomic E-state index is 12.1. The van der Waals surface area contributed by atoms with Crippen LogP contribution in [0, 0.1) is 11.3 Å². The third kappa shape index (κ3) is 4.34. The number of carbonyl (C=O) groups is 1. The summed E-state index contributed by atoms with van der Waals surface area (Å²) in [4.78, 5) is 17.3. The van der Waals surface area contributed by atoms with Crippen molar-refractivity contribution in [2.24, 2.45) is 0 Å². The fourth-order valence-corrected chi connectivity index (χ4v) is 3.05. The van der Waals surface area contributed by atoms with Crippen LogP contribution >= 0.6 is 35.1 Å². The van der Waals surface area contributed by atoms with Gasteiger partial charge in [-0.05, 0) is 36.3 Å². The Labute approximate surface area is 141 Å². The molecular weight excluding hydrogens is 336 g/mol. The first-order valence-electron chi connectivity index (χ1n) is 6.11. The smallest absolute Gasteiger partial charge is 0.268 e. The summed E-state index contributed by atoms with van der Waals surface area (Å²) in [7, 11) is 0. The molecule has 112 valence electrons. The summed E-state index contributed by atoms with van der Waals surface area (Å²) < 4.78 is 4.05. The van der Waals surface area contributed by atoms with E-state index in [0.29, 0.717) is 10.3 Å². The number of aromatic nitrogens is 2. The molecule has 0 radical (unpaired) electrons. The number of benzene rings is 1. The molecule has 0 bridgehead atoms. The first-order valence-corrected chi connectivity index (χ1v) is 9.33. The lowest BCUT2D eigenvalue weighted by molar-refractivity contribution is -0.112. The molecule has 1 aromatic carbocycles. The Morgan fingerprint density at radius 3 is 2.59 bits per heavy atom. The molecule has 2 rings (SSSR count). The van der Waals surface area contributed by atoms with E-state index in [4.69, 9.17) is 5.26 Å². The van der Waals surface area contributed by atoms with E-state index in [2.05, 4.69) is 14.7 Å². The number of anilines is 1. The largest absolute Gasteiger partial charge is 0.296 e. The Morgan fingerprint density at radius 2 is 2.05 bits per heavy atom. The molecule has 0 saturated carbocycles. The standard InChI is InChI=1S/C14H12N4OS3/c1-20-11-5-3-9(4-6-11)7-10(8-15)12(19)16-13-17-14(21-2)18-22-13/h3-7H,1-2H3,(H,16,17,18,19)/b10-7-. The average molecular weight is 348 g/mol. The van der Waals surface area contributed by atoms with Crippen molar-refractivity contribution < 1.29 is 4.79 Å². The molecule has 0 aliphatic rings. The first-order chi connectivity index (χ1) is 10.7. The van der Waals surface area contributed by atoms with Crippen LogP contribution in [-0.4, -0.2) is 27.8 Å². The van der Waals surface area contributed by atoms with Crippen molar-refractivity contribution >= 4 is 52.2 Å². The zero-order valence-corrected chi connectivity index (χ0v) is 14.3. The van der Waals surface area contributed by atoms with Gasteiger partial charge in [-0.1, -0.05) is 23.9 Å². The Hall–Kier alpha value is -1.82. The fraction of sp³-hybridized carbons (Fsp3) is 0.143. The lowest BCUT2D eigenvalue weighted by Crippen LogP contribution is -2.13. The van der Waals surface area contributed by atoms with Crippen LogP contribution in [0.3, 0.4) is 0 Å². The van der Waals surface area contributed by atoms with Crippen LogP contribution in [0.2, 0.25) is 0 Å². The molecule has 0 spiro atoms. The molecule has 1 N–H and O–H groups in total. The zero-order valence-electron chi connectivity index (χ0n) is 11.9. The van der Waals surface area contributed by atoms with Gasteiger partial charge in [0.25, 0.3) is 5.91 Å². The summed E-state index contributed by atoms with van der Waals surface area (Å²) in [6, 6.07) is 9.54. The number of nitrogens with zero attached hydrogens (tertiary/aromatic N) is 3. The molecule has 1 amide bonds. The van der Waals surface area contributed by atoms with E-state index in [1.54, 1.807) is 17.8 Å². The van der Waals surface area contributed by atoms with E-state index in [0.717, 1.165) is 22.0 Å². The molecular formula is C14H12N4OS3.